The van der Waals surface area contributed by atoms with Crippen molar-refractivity contribution in [2.75, 3.05) is 33.4 Å². The highest BCUT2D eigenvalue weighted by Gasteiger charge is 2.42. The molecule has 1 fully saturated rings. The van der Waals surface area contributed by atoms with E-state index in [2.05, 4.69) is 5.32 Å². The summed E-state index contributed by atoms with van der Waals surface area (Å²) in [6.45, 7) is 1.10. The third-order valence-corrected chi connectivity index (χ3v) is 4.00. The van der Waals surface area contributed by atoms with Crippen LogP contribution in [-0.4, -0.2) is 60.3 Å². The van der Waals surface area contributed by atoms with Gasteiger partial charge >= 0.3 is 0 Å². The molecule has 0 saturated carbocycles. The van der Waals surface area contributed by atoms with Gasteiger partial charge in [0.15, 0.2) is 5.67 Å². The molecule has 0 unspecified atom stereocenters. The Morgan fingerprint density at radius 3 is 2.64 bits per heavy atom. The number of alkyl halides is 1. The van der Waals surface area contributed by atoms with E-state index in [1.807, 2.05) is 0 Å². The van der Waals surface area contributed by atoms with Gasteiger partial charge in [0, 0.05) is 52.8 Å². The largest absolute Gasteiger partial charge is 0.383 e. The number of hydrogen-bond acceptors (Lipinski definition) is 3. The number of halogens is 1. The van der Waals surface area contributed by atoms with E-state index in [4.69, 9.17) is 4.74 Å². The fraction of sp³-hybridized carbons (Fsp3) is 0.600. The van der Waals surface area contributed by atoms with Gasteiger partial charge in [0.05, 0.1) is 6.61 Å². The van der Waals surface area contributed by atoms with Crippen LogP contribution in [0.3, 0.4) is 0 Å². The molecule has 0 spiro atoms. The molecule has 0 aliphatic carbocycles. The molecule has 2 heterocycles. The van der Waals surface area contributed by atoms with E-state index in [1.54, 1.807) is 34.8 Å². The summed E-state index contributed by atoms with van der Waals surface area (Å²) in [4.78, 5) is 25.8. The van der Waals surface area contributed by atoms with Gasteiger partial charge in [-0.1, -0.05) is 0 Å². The van der Waals surface area contributed by atoms with Gasteiger partial charge in [-0.25, -0.2) is 4.39 Å². The highest BCUT2D eigenvalue weighted by Crippen LogP contribution is 2.27. The highest BCUT2D eigenvalue weighted by atomic mass is 19.1. The third-order valence-electron chi connectivity index (χ3n) is 4.00. The molecule has 122 valence electrons. The summed E-state index contributed by atoms with van der Waals surface area (Å²) in [6, 6.07) is 3.52. The number of nitrogens with zero attached hydrogens (tertiary/aromatic N) is 2. The number of hydrogen-bond donors (Lipinski definition) is 1. The van der Waals surface area contributed by atoms with Crippen molar-refractivity contribution in [3.63, 3.8) is 0 Å². The number of rotatable bonds is 5. The molecule has 1 aromatic rings. The Bertz CT molecular complexity index is 536. The SMILES string of the molecule is COCCNC(=O)C1(F)CCN(C(=O)c2cccn2C)CC1. The molecule has 1 aromatic heterocycles. The van der Waals surface area contributed by atoms with Crippen LogP contribution in [0.15, 0.2) is 18.3 Å². The lowest BCUT2D eigenvalue weighted by Crippen LogP contribution is -2.52. The van der Waals surface area contributed by atoms with E-state index in [0.717, 1.165) is 0 Å². The molecule has 22 heavy (non-hydrogen) atoms. The number of nitrogens with one attached hydrogen (secondary N) is 1. The summed E-state index contributed by atoms with van der Waals surface area (Å²) in [5.74, 6) is -0.746. The van der Waals surface area contributed by atoms with Crippen molar-refractivity contribution < 1.29 is 18.7 Å². The van der Waals surface area contributed by atoms with Crippen LogP contribution >= 0.6 is 0 Å². The maximum absolute atomic E-state index is 14.7. The second-order valence-electron chi connectivity index (χ2n) is 5.51. The predicted molar refractivity (Wildman–Crippen MR) is 79.3 cm³/mol. The van der Waals surface area contributed by atoms with E-state index in [-0.39, 0.29) is 38.4 Å². The van der Waals surface area contributed by atoms with Gasteiger partial charge in [0.1, 0.15) is 5.69 Å². The molecule has 1 N–H and O–H groups in total. The Balaban J connectivity index is 1.90. The number of amides is 2. The molecule has 1 aliphatic heterocycles. The summed E-state index contributed by atoms with van der Waals surface area (Å²) in [7, 11) is 3.31. The van der Waals surface area contributed by atoms with Crippen molar-refractivity contribution in [3.05, 3.63) is 24.0 Å². The minimum Gasteiger partial charge on any atom is -0.383 e. The number of carbonyl (C=O) groups excluding carboxylic acids is 2. The molecule has 2 rings (SSSR count). The van der Waals surface area contributed by atoms with Crippen molar-refractivity contribution in [1.29, 1.82) is 0 Å². The molecule has 2 amide bonds. The number of likely N-dealkylation sites (tertiary alicyclic amines) is 1. The van der Waals surface area contributed by atoms with E-state index in [0.29, 0.717) is 12.3 Å². The fourth-order valence-electron chi connectivity index (χ4n) is 2.56. The zero-order chi connectivity index (χ0) is 16.2. The molecule has 0 radical (unpaired) electrons. The molecule has 1 saturated heterocycles. The summed E-state index contributed by atoms with van der Waals surface area (Å²) < 4.78 is 21.2. The second kappa shape index (κ2) is 6.91. The third kappa shape index (κ3) is 3.47. The first-order chi connectivity index (χ1) is 10.5. The topological polar surface area (TPSA) is 63.6 Å². The van der Waals surface area contributed by atoms with Crippen molar-refractivity contribution >= 4 is 11.8 Å². The maximum Gasteiger partial charge on any atom is 0.270 e. The zero-order valence-corrected chi connectivity index (χ0v) is 13.0. The van der Waals surface area contributed by atoms with Gasteiger partial charge in [-0.05, 0) is 12.1 Å². The molecule has 7 heteroatoms. The lowest BCUT2D eigenvalue weighted by atomic mass is 9.92. The standard InChI is InChI=1S/C15H22FN3O3/c1-18-8-3-4-12(18)13(20)19-9-5-15(16,6-10-19)14(21)17-7-11-22-2/h3-4,8H,5-7,9-11H2,1-2H3,(H,17,21). The van der Waals surface area contributed by atoms with E-state index in [1.165, 1.54) is 7.11 Å². The van der Waals surface area contributed by atoms with Crippen LogP contribution in [-0.2, 0) is 16.6 Å². The first kappa shape index (κ1) is 16.5. The minimum absolute atomic E-state index is 0.0159. The molecule has 0 aromatic carbocycles. The Morgan fingerprint density at radius 2 is 2.09 bits per heavy atom. The Labute approximate surface area is 129 Å². The average Bonchev–Trinajstić information content (AvgIpc) is 2.93. The van der Waals surface area contributed by atoms with Crippen LogP contribution in [0.4, 0.5) is 4.39 Å². The number of ether oxygens (including phenoxy) is 1. The highest BCUT2D eigenvalue weighted by molar-refractivity contribution is 5.93. The minimum atomic E-state index is -1.90. The van der Waals surface area contributed by atoms with Crippen molar-refractivity contribution in [2.45, 2.75) is 18.5 Å². The predicted octanol–water partition coefficient (Wildman–Crippen LogP) is 0.732. The van der Waals surface area contributed by atoms with Crippen LogP contribution in [0.1, 0.15) is 23.3 Å². The summed E-state index contributed by atoms with van der Waals surface area (Å²) in [5, 5.41) is 2.53. The average molecular weight is 311 g/mol. The van der Waals surface area contributed by atoms with E-state index >= 15 is 0 Å². The second-order valence-corrected chi connectivity index (χ2v) is 5.51. The smallest absolute Gasteiger partial charge is 0.270 e. The van der Waals surface area contributed by atoms with Gasteiger partial charge in [-0.15, -0.1) is 0 Å². The van der Waals surface area contributed by atoms with Crippen LogP contribution in [0, 0.1) is 0 Å². The Kier molecular flexibility index (Phi) is 5.18. The first-order valence-corrected chi connectivity index (χ1v) is 7.35. The van der Waals surface area contributed by atoms with Gasteiger partial charge in [0.2, 0.25) is 0 Å². The van der Waals surface area contributed by atoms with E-state index < -0.39 is 11.6 Å². The van der Waals surface area contributed by atoms with E-state index in [9.17, 15) is 14.0 Å². The molecular formula is C15H22FN3O3. The summed E-state index contributed by atoms with van der Waals surface area (Å²) in [5.41, 5.74) is -1.34. The Hall–Kier alpha value is -1.89. The molecule has 1 aliphatic rings. The fourth-order valence-corrected chi connectivity index (χ4v) is 2.56. The maximum atomic E-state index is 14.7. The molecule has 0 atom stereocenters. The van der Waals surface area contributed by atoms with Gasteiger partial charge < -0.3 is 19.5 Å². The molecule has 0 bridgehead atoms. The monoisotopic (exact) mass is 311 g/mol. The summed E-state index contributed by atoms with van der Waals surface area (Å²) in [6.07, 6.45) is 1.82. The number of piperidine rings is 1. The van der Waals surface area contributed by atoms with Crippen LogP contribution < -0.4 is 5.32 Å². The number of carbonyl (C=O) groups is 2. The number of aromatic nitrogens is 1. The zero-order valence-electron chi connectivity index (χ0n) is 13.0. The van der Waals surface area contributed by atoms with Crippen molar-refractivity contribution in [3.8, 4) is 0 Å². The van der Waals surface area contributed by atoms with Crippen LogP contribution in [0.5, 0.6) is 0 Å². The lowest BCUT2D eigenvalue weighted by Gasteiger charge is -2.35. The van der Waals surface area contributed by atoms with Gasteiger partial charge in [-0.2, -0.15) is 0 Å². The molecule has 6 nitrogen and oxygen atoms in total. The summed E-state index contributed by atoms with van der Waals surface area (Å²) >= 11 is 0. The number of aryl methyl sites for hydroxylation is 1. The van der Waals surface area contributed by atoms with Crippen molar-refractivity contribution in [1.82, 2.24) is 14.8 Å². The lowest BCUT2D eigenvalue weighted by molar-refractivity contribution is -0.135. The van der Waals surface area contributed by atoms with Crippen LogP contribution in [0.2, 0.25) is 0 Å². The Morgan fingerprint density at radius 1 is 1.41 bits per heavy atom. The first-order valence-electron chi connectivity index (χ1n) is 7.35. The quantitative estimate of drug-likeness (QED) is 0.816. The normalized spacial score (nSPS) is 17.3. The van der Waals surface area contributed by atoms with Crippen molar-refractivity contribution in [2.24, 2.45) is 7.05 Å². The van der Waals surface area contributed by atoms with Crippen LogP contribution in [0.25, 0.3) is 0 Å². The van der Waals surface area contributed by atoms with Gasteiger partial charge in [0.25, 0.3) is 11.8 Å². The molecular weight excluding hydrogens is 289 g/mol. The number of methoxy groups -OCH3 is 1. The van der Waals surface area contributed by atoms with Gasteiger partial charge in [-0.3, -0.25) is 9.59 Å².